The summed E-state index contributed by atoms with van der Waals surface area (Å²) in [5.74, 6) is 3.39. The van der Waals surface area contributed by atoms with Crippen LogP contribution in [0.2, 0.25) is 0 Å². The summed E-state index contributed by atoms with van der Waals surface area (Å²) in [6.45, 7) is 13.6. The molecule has 0 saturated carbocycles. The molecule has 0 fully saturated rings. The van der Waals surface area contributed by atoms with Crippen LogP contribution in [0.1, 0.15) is 52.7 Å². The van der Waals surface area contributed by atoms with E-state index in [-0.39, 0.29) is 17.5 Å². The van der Waals surface area contributed by atoms with Crippen molar-refractivity contribution in [1.29, 1.82) is 0 Å². The van der Waals surface area contributed by atoms with E-state index in [4.69, 9.17) is 9.15 Å². The van der Waals surface area contributed by atoms with Gasteiger partial charge in [-0.1, -0.05) is 211 Å². The molecule has 12 aromatic carbocycles. The smallest absolute Gasteiger partial charge is 0.256 e. The summed E-state index contributed by atoms with van der Waals surface area (Å²) in [6, 6.07) is 103. The lowest BCUT2D eigenvalue weighted by Crippen LogP contribution is -2.59. The largest absolute Gasteiger partial charge is 0.458 e. The molecule has 0 saturated heterocycles. The highest BCUT2D eigenvalue weighted by molar-refractivity contribution is 7.99. The lowest BCUT2D eigenvalue weighted by molar-refractivity contribution is 0.483. The maximum absolute atomic E-state index is 7.58. The van der Waals surface area contributed by atoms with Gasteiger partial charge in [0.05, 0.1) is 11.4 Å². The monoisotopic (exact) mass is 1180 g/mol. The summed E-state index contributed by atoms with van der Waals surface area (Å²) in [7, 11) is 0. The number of hydrogen-bond donors (Lipinski definition) is 0. The quantitative estimate of drug-likeness (QED) is 0.126. The minimum Gasteiger partial charge on any atom is -0.458 e. The second-order valence-corrected chi connectivity index (χ2v) is 26.8. The molecule has 0 aliphatic carbocycles. The van der Waals surface area contributed by atoms with Gasteiger partial charge in [-0.15, -0.1) is 0 Å². The van der Waals surface area contributed by atoms with Crippen LogP contribution in [-0.4, -0.2) is 6.71 Å². The molecule has 0 radical (unpaired) electrons. The fourth-order valence-corrected chi connectivity index (χ4v) is 14.6. The number of hydrogen-bond acceptors (Lipinski definition) is 7. The third-order valence-electron chi connectivity index (χ3n) is 17.9. The van der Waals surface area contributed by atoms with Crippen molar-refractivity contribution in [2.45, 2.75) is 62.2 Å². The van der Waals surface area contributed by atoms with E-state index in [1.807, 2.05) is 11.8 Å². The van der Waals surface area contributed by atoms with E-state index in [0.717, 1.165) is 134 Å². The predicted molar refractivity (Wildman–Crippen MR) is 379 cm³/mol. The second kappa shape index (κ2) is 21.7. The molecule has 90 heavy (non-hydrogen) atoms. The summed E-state index contributed by atoms with van der Waals surface area (Å²) in [5.41, 5.74) is 20.7. The lowest BCUT2D eigenvalue weighted by Gasteiger charge is -2.41. The maximum atomic E-state index is 7.58. The van der Waals surface area contributed by atoms with E-state index in [0.29, 0.717) is 0 Å². The summed E-state index contributed by atoms with van der Waals surface area (Å²) >= 11 is 1.82. The van der Waals surface area contributed by atoms with Gasteiger partial charge in [0, 0.05) is 94.6 Å². The molecule has 3 aliphatic rings. The number of fused-ring (bicyclic) bond motifs is 7. The predicted octanol–water partition coefficient (Wildman–Crippen LogP) is 21.6. The van der Waals surface area contributed by atoms with Gasteiger partial charge in [-0.05, 0) is 160 Å². The summed E-state index contributed by atoms with van der Waals surface area (Å²) in [4.78, 5) is 11.9. The van der Waals surface area contributed by atoms with Crippen molar-refractivity contribution in [1.82, 2.24) is 0 Å². The number of rotatable bonds is 10. The first-order valence-electron chi connectivity index (χ1n) is 31.1. The van der Waals surface area contributed by atoms with Crippen LogP contribution in [0.15, 0.2) is 299 Å². The molecule has 434 valence electrons. The Balaban J connectivity index is 0.913. The Morgan fingerprint density at radius 3 is 1.27 bits per heavy atom. The SMILES string of the molecule is CC(C)(C)c1ccc(N2c3cc4c(-c5ccccc5)oc(-c5ccccc5)c4cc3B3c4ccc(N5c6ccc(N(c7ccccc7)c7ccccc7)cc6Sc6cc(N(c7ccccc7)c7ccccc7)ccc65)cc4Oc4cc(C(C)(C)C)cc2c43)cc1. The molecular formula is C82H65BN4O2S. The Morgan fingerprint density at radius 2 is 0.789 bits per heavy atom. The number of furan rings is 1. The molecule has 8 heteroatoms. The molecule has 0 N–H and O–H groups in total. The number of para-hydroxylation sites is 4. The third-order valence-corrected chi connectivity index (χ3v) is 19.0. The van der Waals surface area contributed by atoms with E-state index < -0.39 is 0 Å². The molecule has 0 atom stereocenters. The molecular weight excluding hydrogens is 1120 g/mol. The molecule has 0 spiro atoms. The van der Waals surface area contributed by atoms with Crippen LogP contribution < -0.4 is 40.7 Å². The van der Waals surface area contributed by atoms with Crippen molar-refractivity contribution < 1.29 is 9.15 Å². The first kappa shape index (κ1) is 54.9. The van der Waals surface area contributed by atoms with E-state index in [1.54, 1.807) is 0 Å². The van der Waals surface area contributed by atoms with Crippen molar-refractivity contribution >= 4 is 114 Å². The molecule has 0 amide bonds. The summed E-state index contributed by atoms with van der Waals surface area (Å²) < 4.78 is 14.8. The number of benzene rings is 12. The first-order valence-corrected chi connectivity index (χ1v) is 31.9. The highest BCUT2D eigenvalue weighted by atomic mass is 32.2. The number of nitrogens with zero attached hydrogens (tertiary/aromatic N) is 4. The fraction of sp³-hybridized carbons (Fsp3) is 0.0976. The van der Waals surface area contributed by atoms with E-state index in [1.165, 1.54) is 16.6 Å². The normalized spacial score (nSPS) is 13.0. The van der Waals surface area contributed by atoms with Crippen molar-refractivity contribution in [3.8, 4) is 34.1 Å². The van der Waals surface area contributed by atoms with Gasteiger partial charge in [-0.3, -0.25) is 0 Å². The van der Waals surface area contributed by atoms with Gasteiger partial charge < -0.3 is 28.8 Å². The molecule has 0 unspecified atom stereocenters. The number of anilines is 12. The fourth-order valence-electron chi connectivity index (χ4n) is 13.5. The highest BCUT2D eigenvalue weighted by Gasteiger charge is 2.44. The Morgan fingerprint density at radius 1 is 0.344 bits per heavy atom. The van der Waals surface area contributed by atoms with Crippen LogP contribution in [0.4, 0.5) is 68.2 Å². The van der Waals surface area contributed by atoms with Crippen LogP contribution in [-0.2, 0) is 10.8 Å². The third kappa shape index (κ3) is 9.53. The van der Waals surface area contributed by atoms with Crippen molar-refractivity contribution in [2.75, 3.05) is 19.6 Å². The van der Waals surface area contributed by atoms with Gasteiger partial charge in [0.2, 0.25) is 0 Å². The van der Waals surface area contributed by atoms with Crippen LogP contribution in [0, 0.1) is 0 Å². The van der Waals surface area contributed by atoms with Crippen LogP contribution in [0.5, 0.6) is 11.5 Å². The second-order valence-electron chi connectivity index (χ2n) is 25.8. The Bertz CT molecular complexity index is 4640. The zero-order chi connectivity index (χ0) is 60.8. The standard InChI is InChI=1S/C82H65BN4O2S/c1-81(2,3)56-37-39-62(40-38-56)86-72-53-67-66(79(54-25-13-7-14-26-54)89-80(67)55-27-15-8-16-28-55)52-69(72)83-68-44-41-63(49-74(68)88-75-48-57(82(4,5)6)47-73(86)78(75)83)87-70-45-42-64(84(58-29-17-9-18-30-58)59-31-19-10-20-32-59)50-76(70)90-77-51-65(43-46-71(77)87)85(60-33-21-11-22-34-60)61-35-23-12-24-36-61/h7-53H,1-6H3. The van der Waals surface area contributed by atoms with Gasteiger partial charge in [-0.25, -0.2) is 0 Å². The molecule has 3 aliphatic heterocycles. The van der Waals surface area contributed by atoms with Crippen molar-refractivity contribution in [3.05, 3.63) is 296 Å². The Kier molecular flexibility index (Phi) is 13.3. The van der Waals surface area contributed by atoms with E-state index in [2.05, 4.69) is 346 Å². The summed E-state index contributed by atoms with van der Waals surface area (Å²) in [5, 5.41) is 2.13. The van der Waals surface area contributed by atoms with Crippen LogP contribution in [0.25, 0.3) is 33.4 Å². The van der Waals surface area contributed by atoms with E-state index >= 15 is 0 Å². The zero-order valence-corrected chi connectivity index (χ0v) is 52.0. The molecule has 16 rings (SSSR count). The lowest BCUT2D eigenvalue weighted by atomic mass is 9.34. The van der Waals surface area contributed by atoms with Crippen molar-refractivity contribution in [2.24, 2.45) is 0 Å². The van der Waals surface area contributed by atoms with Gasteiger partial charge in [0.25, 0.3) is 6.71 Å². The molecule has 4 heterocycles. The average Bonchev–Trinajstić information content (AvgIpc) is 0.974. The minimum atomic E-state index is -0.210. The molecule has 13 aromatic rings. The summed E-state index contributed by atoms with van der Waals surface area (Å²) in [6.07, 6.45) is 0. The van der Waals surface area contributed by atoms with Gasteiger partial charge in [0.15, 0.2) is 0 Å². The minimum absolute atomic E-state index is 0.0204. The zero-order valence-electron chi connectivity index (χ0n) is 51.2. The number of ether oxygens (including phenoxy) is 1. The average molecular weight is 1180 g/mol. The van der Waals surface area contributed by atoms with E-state index in [9.17, 15) is 0 Å². The topological polar surface area (TPSA) is 35.3 Å². The maximum Gasteiger partial charge on any atom is 0.256 e. The van der Waals surface area contributed by atoms with Gasteiger partial charge in [0.1, 0.15) is 23.0 Å². The Hall–Kier alpha value is -10.4. The van der Waals surface area contributed by atoms with Crippen LogP contribution in [0.3, 0.4) is 0 Å². The molecule has 0 bridgehead atoms. The Labute approximate surface area is 532 Å². The van der Waals surface area contributed by atoms with Gasteiger partial charge >= 0.3 is 0 Å². The van der Waals surface area contributed by atoms with Gasteiger partial charge in [-0.2, -0.15) is 0 Å². The molecule has 1 aromatic heterocycles. The first-order chi connectivity index (χ1) is 43.9. The van der Waals surface area contributed by atoms with Crippen molar-refractivity contribution in [3.63, 3.8) is 0 Å². The highest BCUT2D eigenvalue weighted by Crippen LogP contribution is 2.56. The molecule has 6 nitrogen and oxygen atoms in total. The van der Waals surface area contributed by atoms with Crippen LogP contribution >= 0.6 is 11.8 Å².